The van der Waals surface area contributed by atoms with Crippen LogP contribution in [0.2, 0.25) is 0 Å². The molecule has 1 amide bonds. The number of benzene rings is 1. The van der Waals surface area contributed by atoms with Gasteiger partial charge in [0.05, 0.1) is 11.9 Å². The Labute approximate surface area is 144 Å². The Morgan fingerprint density at radius 1 is 1.16 bits per heavy atom. The number of carbonyl (C=O) groups is 2. The molecule has 5 rings (SSSR count). The fourth-order valence-electron chi connectivity index (χ4n) is 4.95. The predicted molar refractivity (Wildman–Crippen MR) is 88.2 cm³/mol. The number of anilines is 1. The molecule has 1 aromatic carbocycles. The number of aromatic nitrogens is 3. The van der Waals surface area contributed by atoms with Crippen molar-refractivity contribution in [1.29, 1.82) is 0 Å². The highest BCUT2D eigenvalue weighted by molar-refractivity contribution is 5.93. The first-order valence-corrected chi connectivity index (χ1v) is 8.67. The van der Waals surface area contributed by atoms with Gasteiger partial charge in [-0.05, 0) is 61.1 Å². The zero-order valence-corrected chi connectivity index (χ0v) is 13.5. The van der Waals surface area contributed by atoms with E-state index in [0.717, 1.165) is 24.2 Å². The van der Waals surface area contributed by atoms with Crippen molar-refractivity contribution in [2.45, 2.75) is 19.3 Å². The maximum Gasteiger partial charge on any atom is 0.358 e. The lowest BCUT2D eigenvalue weighted by molar-refractivity contribution is -0.121. The van der Waals surface area contributed by atoms with E-state index in [-0.39, 0.29) is 17.5 Å². The standard InChI is InChI=1S/C18H18N4O3/c23-17(15-5-9-4-13(15)14-7-12(9)14)19-10-2-1-3-11(6-10)22-8-16(18(24)25)20-21-22/h1-3,6,8-9,12-15H,4-5,7H2,(H,19,23)(H,24,25). The lowest BCUT2D eigenvalue weighted by Crippen LogP contribution is -2.28. The maximum absolute atomic E-state index is 12.7. The van der Waals surface area contributed by atoms with Gasteiger partial charge in [0.1, 0.15) is 0 Å². The normalized spacial score (nSPS) is 31.6. The minimum atomic E-state index is -1.12. The quantitative estimate of drug-likeness (QED) is 0.891. The third-order valence-electron chi connectivity index (χ3n) is 6.12. The van der Waals surface area contributed by atoms with E-state index >= 15 is 0 Å². The Morgan fingerprint density at radius 2 is 2.04 bits per heavy atom. The van der Waals surface area contributed by atoms with E-state index in [1.807, 2.05) is 12.1 Å². The highest BCUT2D eigenvalue weighted by Gasteiger charge is 2.62. The lowest BCUT2D eigenvalue weighted by Gasteiger charge is -2.20. The van der Waals surface area contributed by atoms with Gasteiger partial charge >= 0.3 is 5.97 Å². The highest BCUT2D eigenvalue weighted by atomic mass is 16.4. The third kappa shape index (κ3) is 2.33. The first-order chi connectivity index (χ1) is 12.1. The summed E-state index contributed by atoms with van der Waals surface area (Å²) in [5.41, 5.74) is 1.24. The molecule has 3 aliphatic carbocycles. The summed E-state index contributed by atoms with van der Waals surface area (Å²) >= 11 is 0. The number of rotatable bonds is 4. The van der Waals surface area contributed by atoms with E-state index in [0.29, 0.717) is 17.3 Å². The summed E-state index contributed by atoms with van der Waals surface area (Å²) in [6, 6.07) is 7.22. The monoisotopic (exact) mass is 338 g/mol. The summed E-state index contributed by atoms with van der Waals surface area (Å²) in [5, 5.41) is 19.4. The molecule has 2 N–H and O–H groups in total. The molecule has 3 fully saturated rings. The number of hydrogen-bond acceptors (Lipinski definition) is 4. The smallest absolute Gasteiger partial charge is 0.358 e. The molecule has 5 unspecified atom stereocenters. The molecule has 0 saturated heterocycles. The van der Waals surface area contributed by atoms with Crippen LogP contribution in [0, 0.1) is 29.6 Å². The van der Waals surface area contributed by atoms with Crippen molar-refractivity contribution < 1.29 is 14.7 Å². The van der Waals surface area contributed by atoms with Gasteiger partial charge in [0.15, 0.2) is 5.69 Å². The molecular formula is C18H18N4O3. The summed E-state index contributed by atoms with van der Waals surface area (Å²) in [5.74, 6) is 2.18. The number of carbonyl (C=O) groups excluding carboxylic acids is 1. The molecule has 7 nitrogen and oxygen atoms in total. The van der Waals surface area contributed by atoms with Crippen molar-refractivity contribution in [3.63, 3.8) is 0 Å². The average Bonchev–Trinajstić information content (AvgIpc) is 2.99. The second-order valence-electron chi connectivity index (χ2n) is 7.46. The summed E-state index contributed by atoms with van der Waals surface area (Å²) in [6.45, 7) is 0. The molecular weight excluding hydrogens is 320 g/mol. The van der Waals surface area contributed by atoms with Gasteiger partial charge in [0.2, 0.25) is 5.91 Å². The third-order valence-corrected chi connectivity index (χ3v) is 6.12. The van der Waals surface area contributed by atoms with Gasteiger partial charge in [0, 0.05) is 11.6 Å². The molecule has 5 atom stereocenters. The number of nitrogens with one attached hydrogen (secondary N) is 1. The number of hydrogen-bond donors (Lipinski definition) is 2. The summed E-state index contributed by atoms with van der Waals surface area (Å²) in [7, 11) is 0. The fraction of sp³-hybridized carbons (Fsp3) is 0.444. The molecule has 1 aromatic heterocycles. The average molecular weight is 338 g/mol. The Hall–Kier alpha value is -2.70. The molecule has 0 spiro atoms. The number of carboxylic acid groups (broad SMARTS) is 1. The molecule has 2 bridgehead atoms. The molecule has 25 heavy (non-hydrogen) atoms. The van der Waals surface area contributed by atoms with Crippen LogP contribution in [0.5, 0.6) is 0 Å². The fourth-order valence-corrected chi connectivity index (χ4v) is 4.95. The topological polar surface area (TPSA) is 97.1 Å². The van der Waals surface area contributed by atoms with Crippen LogP contribution < -0.4 is 5.32 Å². The number of fused-ring (bicyclic) bond motifs is 5. The highest BCUT2D eigenvalue weighted by Crippen LogP contribution is 2.67. The Balaban J connectivity index is 1.33. The Bertz CT molecular complexity index is 877. The molecule has 2 aromatic rings. The molecule has 1 heterocycles. The van der Waals surface area contributed by atoms with Crippen LogP contribution in [-0.4, -0.2) is 32.0 Å². The second-order valence-corrected chi connectivity index (χ2v) is 7.46. The van der Waals surface area contributed by atoms with Crippen LogP contribution in [0.1, 0.15) is 29.8 Å². The summed E-state index contributed by atoms with van der Waals surface area (Å²) < 4.78 is 1.39. The van der Waals surface area contributed by atoms with E-state index in [2.05, 4.69) is 15.6 Å². The summed E-state index contributed by atoms with van der Waals surface area (Å²) in [4.78, 5) is 23.6. The van der Waals surface area contributed by atoms with Gasteiger partial charge in [-0.2, -0.15) is 0 Å². The number of nitrogens with zero attached hydrogens (tertiary/aromatic N) is 3. The van der Waals surface area contributed by atoms with Gasteiger partial charge in [0.25, 0.3) is 0 Å². The first-order valence-electron chi connectivity index (χ1n) is 8.67. The molecule has 7 heteroatoms. The maximum atomic E-state index is 12.7. The Kier molecular flexibility index (Phi) is 3.01. The van der Waals surface area contributed by atoms with Gasteiger partial charge < -0.3 is 10.4 Å². The van der Waals surface area contributed by atoms with Gasteiger partial charge in [-0.3, -0.25) is 4.79 Å². The van der Waals surface area contributed by atoms with Crippen LogP contribution in [0.4, 0.5) is 5.69 Å². The van der Waals surface area contributed by atoms with E-state index in [9.17, 15) is 9.59 Å². The molecule has 0 radical (unpaired) electrons. The molecule has 128 valence electrons. The minimum Gasteiger partial charge on any atom is -0.476 e. The zero-order chi connectivity index (χ0) is 17.1. The van der Waals surface area contributed by atoms with Gasteiger partial charge in [-0.15, -0.1) is 5.10 Å². The van der Waals surface area contributed by atoms with Crippen LogP contribution in [0.25, 0.3) is 5.69 Å². The molecule has 3 aliphatic rings. The van der Waals surface area contributed by atoms with Crippen molar-refractivity contribution >= 4 is 17.6 Å². The number of amides is 1. The van der Waals surface area contributed by atoms with Crippen molar-refractivity contribution in [3.05, 3.63) is 36.2 Å². The lowest BCUT2D eigenvalue weighted by atomic mass is 9.88. The van der Waals surface area contributed by atoms with Crippen LogP contribution in [-0.2, 0) is 4.79 Å². The second kappa shape index (κ2) is 5.15. The van der Waals surface area contributed by atoms with Crippen LogP contribution in [0.3, 0.4) is 0 Å². The first kappa shape index (κ1) is 14.6. The van der Waals surface area contributed by atoms with Gasteiger partial charge in [-0.25, -0.2) is 9.48 Å². The van der Waals surface area contributed by atoms with Gasteiger partial charge in [-0.1, -0.05) is 11.3 Å². The van der Waals surface area contributed by atoms with Crippen molar-refractivity contribution in [2.75, 3.05) is 5.32 Å². The van der Waals surface area contributed by atoms with Crippen molar-refractivity contribution in [3.8, 4) is 5.69 Å². The molecule has 0 aliphatic heterocycles. The van der Waals surface area contributed by atoms with E-state index in [1.165, 1.54) is 23.7 Å². The van der Waals surface area contributed by atoms with E-state index < -0.39 is 5.97 Å². The van der Waals surface area contributed by atoms with E-state index in [1.54, 1.807) is 12.1 Å². The predicted octanol–water partition coefficient (Wildman–Crippen LogP) is 2.20. The SMILES string of the molecule is O=C(O)c1cn(-c2cccc(NC(=O)C3CC4CC3C3CC43)c2)nn1. The Morgan fingerprint density at radius 3 is 2.76 bits per heavy atom. The van der Waals surface area contributed by atoms with Crippen LogP contribution >= 0.6 is 0 Å². The zero-order valence-electron chi connectivity index (χ0n) is 13.5. The number of aromatic carboxylic acids is 1. The largest absolute Gasteiger partial charge is 0.476 e. The van der Waals surface area contributed by atoms with Crippen molar-refractivity contribution in [1.82, 2.24) is 15.0 Å². The van der Waals surface area contributed by atoms with Crippen molar-refractivity contribution in [2.24, 2.45) is 29.6 Å². The minimum absolute atomic E-state index is 0.111. The van der Waals surface area contributed by atoms with Crippen LogP contribution in [0.15, 0.2) is 30.5 Å². The molecule has 3 saturated carbocycles. The van der Waals surface area contributed by atoms with E-state index in [4.69, 9.17) is 5.11 Å². The summed E-state index contributed by atoms with van der Waals surface area (Å²) in [6.07, 6.45) is 4.94. The number of carboxylic acids is 1.